The normalized spacial score (nSPS) is 10.6. The predicted octanol–water partition coefficient (Wildman–Crippen LogP) is 0.000700. The maximum atomic E-state index is 11.0. The third kappa shape index (κ3) is 8.34. The number of amides is 1. The molecule has 84 valence electrons. The number of thiol groups is 1. The Kier molecular flexibility index (Phi) is 9.13. The Hall–Kier alpha value is -0.260. The minimum absolute atomic E-state index is 0.0696. The quantitative estimate of drug-likeness (QED) is 0.566. The SMILES string of the molecule is COCCN(C)CCNC(=O)CCS. The molecule has 0 atom stereocenters. The maximum absolute atomic E-state index is 11.0. The second-order valence-corrected chi connectivity index (χ2v) is 3.57. The van der Waals surface area contributed by atoms with Crippen molar-refractivity contribution in [2.45, 2.75) is 6.42 Å². The van der Waals surface area contributed by atoms with E-state index in [0.29, 0.717) is 18.7 Å². The van der Waals surface area contributed by atoms with Crippen molar-refractivity contribution in [1.29, 1.82) is 0 Å². The third-order valence-corrected chi connectivity index (χ3v) is 2.06. The molecule has 0 aliphatic heterocycles. The molecule has 0 aromatic rings. The average molecular weight is 220 g/mol. The van der Waals surface area contributed by atoms with Crippen molar-refractivity contribution in [3.05, 3.63) is 0 Å². The molecule has 0 aliphatic carbocycles. The standard InChI is InChI=1S/C9H20N2O2S/c1-11(6-7-13-2)5-4-10-9(12)3-8-14/h14H,3-8H2,1-2H3,(H,10,12). The highest BCUT2D eigenvalue weighted by Gasteiger charge is 2.00. The van der Waals surface area contributed by atoms with E-state index in [1.165, 1.54) is 0 Å². The van der Waals surface area contributed by atoms with E-state index in [1.54, 1.807) is 7.11 Å². The van der Waals surface area contributed by atoms with Gasteiger partial charge in [0.2, 0.25) is 5.91 Å². The van der Waals surface area contributed by atoms with Crippen LogP contribution in [0.4, 0.5) is 0 Å². The molecule has 0 saturated carbocycles. The van der Waals surface area contributed by atoms with Crippen molar-refractivity contribution in [2.75, 3.05) is 46.2 Å². The van der Waals surface area contributed by atoms with Crippen LogP contribution >= 0.6 is 12.6 Å². The van der Waals surface area contributed by atoms with Crippen molar-refractivity contribution in [2.24, 2.45) is 0 Å². The lowest BCUT2D eigenvalue weighted by Crippen LogP contribution is -2.34. The van der Waals surface area contributed by atoms with E-state index in [0.717, 1.165) is 19.7 Å². The Labute approximate surface area is 91.4 Å². The molecule has 0 fully saturated rings. The van der Waals surface area contributed by atoms with Crippen LogP contribution in [-0.4, -0.2) is 57.0 Å². The van der Waals surface area contributed by atoms with Crippen LogP contribution in [0.5, 0.6) is 0 Å². The summed E-state index contributed by atoms with van der Waals surface area (Å²) in [5, 5.41) is 2.82. The zero-order chi connectivity index (χ0) is 10.8. The molecular formula is C9H20N2O2S. The van der Waals surface area contributed by atoms with Gasteiger partial charge in [0.05, 0.1) is 6.61 Å². The molecule has 1 amide bonds. The first-order chi connectivity index (χ1) is 6.70. The monoisotopic (exact) mass is 220 g/mol. The number of hydrogen-bond donors (Lipinski definition) is 2. The van der Waals surface area contributed by atoms with Crippen molar-refractivity contribution in [1.82, 2.24) is 10.2 Å². The fourth-order valence-corrected chi connectivity index (χ4v) is 1.14. The molecule has 4 nitrogen and oxygen atoms in total. The molecule has 0 saturated heterocycles. The summed E-state index contributed by atoms with van der Waals surface area (Å²) in [5.41, 5.74) is 0. The van der Waals surface area contributed by atoms with Crippen LogP contribution in [0.3, 0.4) is 0 Å². The maximum Gasteiger partial charge on any atom is 0.220 e. The Morgan fingerprint density at radius 3 is 2.79 bits per heavy atom. The number of nitrogens with zero attached hydrogens (tertiary/aromatic N) is 1. The zero-order valence-electron chi connectivity index (χ0n) is 8.95. The smallest absolute Gasteiger partial charge is 0.220 e. The van der Waals surface area contributed by atoms with E-state index in [4.69, 9.17) is 4.74 Å². The Balaban J connectivity index is 3.29. The van der Waals surface area contributed by atoms with Gasteiger partial charge in [-0.2, -0.15) is 12.6 Å². The second kappa shape index (κ2) is 9.30. The van der Waals surface area contributed by atoms with E-state index in [-0.39, 0.29) is 5.91 Å². The van der Waals surface area contributed by atoms with Crippen LogP contribution in [0.1, 0.15) is 6.42 Å². The molecule has 0 spiro atoms. The Morgan fingerprint density at radius 2 is 2.21 bits per heavy atom. The van der Waals surface area contributed by atoms with Crippen molar-refractivity contribution in [3.8, 4) is 0 Å². The molecule has 0 aromatic carbocycles. The van der Waals surface area contributed by atoms with Crippen LogP contribution < -0.4 is 5.32 Å². The fraction of sp³-hybridized carbons (Fsp3) is 0.889. The zero-order valence-corrected chi connectivity index (χ0v) is 9.85. The summed E-state index contributed by atoms with van der Waals surface area (Å²) < 4.78 is 4.94. The number of likely N-dealkylation sites (N-methyl/N-ethyl adjacent to an activating group) is 1. The minimum atomic E-state index is 0.0696. The topological polar surface area (TPSA) is 41.6 Å². The first-order valence-electron chi connectivity index (χ1n) is 4.75. The van der Waals surface area contributed by atoms with Gasteiger partial charge in [-0.3, -0.25) is 4.79 Å². The summed E-state index contributed by atoms with van der Waals surface area (Å²) in [4.78, 5) is 13.2. The second-order valence-electron chi connectivity index (χ2n) is 3.12. The van der Waals surface area contributed by atoms with Gasteiger partial charge >= 0.3 is 0 Å². The first-order valence-corrected chi connectivity index (χ1v) is 5.39. The number of nitrogens with one attached hydrogen (secondary N) is 1. The van der Waals surface area contributed by atoms with E-state index in [1.807, 2.05) is 7.05 Å². The lowest BCUT2D eigenvalue weighted by molar-refractivity contribution is -0.120. The van der Waals surface area contributed by atoms with Crippen molar-refractivity contribution in [3.63, 3.8) is 0 Å². The lowest BCUT2D eigenvalue weighted by atomic mass is 10.4. The van der Waals surface area contributed by atoms with Gasteiger partial charge in [-0.25, -0.2) is 0 Å². The van der Waals surface area contributed by atoms with Gasteiger partial charge in [0.1, 0.15) is 0 Å². The molecular weight excluding hydrogens is 200 g/mol. The molecule has 5 heteroatoms. The van der Waals surface area contributed by atoms with E-state index in [2.05, 4.69) is 22.8 Å². The largest absolute Gasteiger partial charge is 0.383 e. The molecule has 0 unspecified atom stereocenters. The molecule has 0 aromatic heterocycles. The first kappa shape index (κ1) is 13.7. The highest BCUT2D eigenvalue weighted by Crippen LogP contribution is 1.84. The van der Waals surface area contributed by atoms with Crippen molar-refractivity contribution >= 4 is 18.5 Å². The Bertz CT molecular complexity index is 156. The fourth-order valence-electron chi connectivity index (χ4n) is 0.935. The molecule has 0 heterocycles. The van der Waals surface area contributed by atoms with Gasteiger partial charge in [-0.05, 0) is 12.8 Å². The van der Waals surface area contributed by atoms with Crippen LogP contribution in [-0.2, 0) is 9.53 Å². The Morgan fingerprint density at radius 1 is 1.50 bits per heavy atom. The minimum Gasteiger partial charge on any atom is -0.383 e. The van der Waals surface area contributed by atoms with Gasteiger partial charge < -0.3 is 15.0 Å². The highest BCUT2D eigenvalue weighted by atomic mass is 32.1. The average Bonchev–Trinajstić information content (AvgIpc) is 2.15. The summed E-state index contributed by atoms with van der Waals surface area (Å²) in [6.45, 7) is 3.15. The number of carbonyl (C=O) groups is 1. The van der Waals surface area contributed by atoms with Crippen molar-refractivity contribution < 1.29 is 9.53 Å². The van der Waals surface area contributed by atoms with Crippen LogP contribution in [0.25, 0.3) is 0 Å². The number of rotatable bonds is 8. The van der Waals surface area contributed by atoms with Crippen LogP contribution in [0.15, 0.2) is 0 Å². The predicted molar refractivity (Wildman–Crippen MR) is 60.9 cm³/mol. The van der Waals surface area contributed by atoms with Gasteiger partial charge in [-0.15, -0.1) is 0 Å². The summed E-state index contributed by atoms with van der Waals surface area (Å²) in [6.07, 6.45) is 0.491. The van der Waals surface area contributed by atoms with Crippen LogP contribution in [0, 0.1) is 0 Å². The molecule has 1 N–H and O–H groups in total. The molecule has 14 heavy (non-hydrogen) atoms. The summed E-state index contributed by atoms with van der Waals surface area (Å²) in [7, 11) is 3.69. The summed E-state index contributed by atoms with van der Waals surface area (Å²) >= 11 is 3.98. The van der Waals surface area contributed by atoms with Gasteiger partial charge in [0.25, 0.3) is 0 Å². The number of carbonyl (C=O) groups excluding carboxylic acids is 1. The third-order valence-electron chi connectivity index (χ3n) is 1.83. The van der Waals surface area contributed by atoms with E-state index in [9.17, 15) is 4.79 Å². The lowest BCUT2D eigenvalue weighted by Gasteiger charge is -2.15. The molecule has 0 aliphatic rings. The van der Waals surface area contributed by atoms with Crippen LogP contribution in [0.2, 0.25) is 0 Å². The highest BCUT2D eigenvalue weighted by molar-refractivity contribution is 7.80. The van der Waals surface area contributed by atoms with E-state index >= 15 is 0 Å². The number of methoxy groups -OCH3 is 1. The number of ether oxygens (including phenoxy) is 1. The molecule has 0 rings (SSSR count). The van der Waals surface area contributed by atoms with Gasteiger partial charge in [0.15, 0.2) is 0 Å². The molecule has 0 bridgehead atoms. The number of hydrogen-bond acceptors (Lipinski definition) is 4. The summed E-state index contributed by atoms with van der Waals surface area (Å²) in [6, 6.07) is 0. The summed E-state index contributed by atoms with van der Waals surface area (Å²) in [5.74, 6) is 0.672. The van der Waals surface area contributed by atoms with E-state index < -0.39 is 0 Å². The molecule has 0 radical (unpaired) electrons. The van der Waals surface area contributed by atoms with Gasteiger partial charge in [0, 0.05) is 33.2 Å². The van der Waals surface area contributed by atoms with Gasteiger partial charge in [-0.1, -0.05) is 0 Å².